The number of ether oxygens (including phenoxy) is 1. The molecule has 1 aliphatic carbocycles. The predicted octanol–water partition coefficient (Wildman–Crippen LogP) is 4.71. The van der Waals surface area contributed by atoms with Crippen LogP contribution in [0.3, 0.4) is 0 Å². The Labute approximate surface area is 209 Å². The molecule has 2 atom stereocenters. The maximum Gasteiger partial charge on any atom is 0.300 e. The summed E-state index contributed by atoms with van der Waals surface area (Å²) in [6.45, 7) is 5.06. The molecule has 0 amide bonds. The zero-order valence-corrected chi connectivity index (χ0v) is 22.0. The molecule has 2 aliphatic rings. The van der Waals surface area contributed by atoms with Crippen LogP contribution in [0.25, 0.3) is 10.4 Å². The molecule has 1 saturated heterocycles. The van der Waals surface area contributed by atoms with Crippen molar-refractivity contribution in [1.29, 1.82) is 0 Å². The minimum absolute atomic E-state index is 0.222. The fourth-order valence-electron chi connectivity index (χ4n) is 4.58. The molecule has 0 radical (unpaired) electrons. The van der Waals surface area contributed by atoms with E-state index in [4.69, 9.17) is 19.6 Å². The standard InChI is InChI=1S/C23H33N3O2S2.C2H4O2/c1-16-23(29-22(25-16)13-17-7-4-3-5-8-17)18-10-11-20(28-2)21(14-18)30(27)26-19-9-6-12-24-15-19;1-2(3)4/h10-11,14,17,19,24,26H,3-9,12-13,15H2,1-2H3;1H3,(H,3,4). The zero-order chi connectivity index (χ0) is 24.5. The van der Waals surface area contributed by atoms with Gasteiger partial charge in [-0.05, 0) is 56.0 Å². The molecule has 2 fully saturated rings. The van der Waals surface area contributed by atoms with E-state index in [0.29, 0.717) is 10.6 Å². The molecule has 2 heterocycles. The average molecular weight is 508 g/mol. The van der Waals surface area contributed by atoms with Gasteiger partial charge in [-0.15, -0.1) is 11.3 Å². The highest BCUT2D eigenvalue weighted by atomic mass is 32.2. The summed E-state index contributed by atoms with van der Waals surface area (Å²) >= 11 is 1.79. The summed E-state index contributed by atoms with van der Waals surface area (Å²) in [6.07, 6.45) is 10.0. The molecule has 9 heteroatoms. The van der Waals surface area contributed by atoms with Crippen LogP contribution in [0.4, 0.5) is 0 Å². The lowest BCUT2D eigenvalue weighted by Crippen LogP contribution is -2.43. The monoisotopic (exact) mass is 507 g/mol. The van der Waals surface area contributed by atoms with Crippen LogP contribution in [0.2, 0.25) is 0 Å². The van der Waals surface area contributed by atoms with Gasteiger partial charge in [0.05, 0.1) is 27.6 Å². The number of rotatable bonds is 7. The van der Waals surface area contributed by atoms with Gasteiger partial charge < -0.3 is 15.2 Å². The van der Waals surface area contributed by atoms with Gasteiger partial charge >= 0.3 is 0 Å². The number of thiazole rings is 1. The molecule has 188 valence electrons. The van der Waals surface area contributed by atoms with Crippen LogP contribution < -0.4 is 14.8 Å². The first-order valence-corrected chi connectivity index (χ1v) is 14.1. The Morgan fingerprint density at radius 1 is 1.26 bits per heavy atom. The summed E-state index contributed by atoms with van der Waals surface area (Å²) < 4.78 is 21.9. The number of piperidine rings is 1. The van der Waals surface area contributed by atoms with Crippen molar-refractivity contribution in [2.24, 2.45) is 5.92 Å². The summed E-state index contributed by atoms with van der Waals surface area (Å²) in [5.74, 6) is 0.613. The van der Waals surface area contributed by atoms with Gasteiger partial charge in [-0.2, -0.15) is 0 Å². The van der Waals surface area contributed by atoms with E-state index in [1.54, 1.807) is 18.4 Å². The Morgan fingerprint density at radius 2 is 2.00 bits per heavy atom. The SMILES string of the molecule is CC(=O)O.COc1ccc(-c2sc(CC3CCCCC3)nc2C)cc1S(=O)NC1CCCNC1. The Morgan fingerprint density at radius 3 is 2.65 bits per heavy atom. The lowest BCUT2D eigenvalue weighted by Gasteiger charge is -2.23. The second kappa shape index (κ2) is 13.3. The number of carbonyl (C=O) groups is 1. The van der Waals surface area contributed by atoms with Crippen molar-refractivity contribution in [2.75, 3.05) is 20.2 Å². The molecule has 34 heavy (non-hydrogen) atoms. The average Bonchev–Trinajstić information content (AvgIpc) is 3.19. The molecule has 0 spiro atoms. The number of aryl methyl sites for hydroxylation is 1. The van der Waals surface area contributed by atoms with Crippen molar-refractivity contribution in [1.82, 2.24) is 15.0 Å². The van der Waals surface area contributed by atoms with E-state index in [1.165, 1.54) is 42.0 Å². The van der Waals surface area contributed by atoms with E-state index < -0.39 is 17.0 Å². The summed E-state index contributed by atoms with van der Waals surface area (Å²) in [5.41, 5.74) is 2.14. The first-order chi connectivity index (χ1) is 16.4. The number of carboxylic acids is 1. The number of benzene rings is 1. The molecule has 1 saturated carbocycles. The van der Waals surface area contributed by atoms with Crippen molar-refractivity contribution < 1.29 is 18.8 Å². The second-order valence-corrected chi connectivity index (χ2v) is 11.3. The second-order valence-electron chi connectivity index (χ2n) is 9.04. The third-order valence-electron chi connectivity index (χ3n) is 6.23. The zero-order valence-electron chi connectivity index (χ0n) is 20.4. The predicted molar refractivity (Wildman–Crippen MR) is 138 cm³/mol. The van der Waals surface area contributed by atoms with E-state index >= 15 is 0 Å². The van der Waals surface area contributed by atoms with Gasteiger partial charge in [0.15, 0.2) is 0 Å². The van der Waals surface area contributed by atoms with Crippen molar-refractivity contribution in [3.63, 3.8) is 0 Å². The molecule has 7 nitrogen and oxygen atoms in total. The van der Waals surface area contributed by atoms with Crippen LogP contribution in [0, 0.1) is 12.8 Å². The van der Waals surface area contributed by atoms with Crippen LogP contribution in [0.1, 0.15) is 62.6 Å². The number of nitrogens with zero attached hydrogens (tertiary/aromatic N) is 1. The number of hydrogen-bond donors (Lipinski definition) is 3. The highest BCUT2D eigenvalue weighted by Gasteiger charge is 2.21. The number of methoxy groups -OCH3 is 1. The summed E-state index contributed by atoms with van der Waals surface area (Å²) in [7, 11) is 0.324. The van der Waals surface area contributed by atoms with Gasteiger partial charge in [0, 0.05) is 25.9 Å². The van der Waals surface area contributed by atoms with Crippen LogP contribution >= 0.6 is 11.3 Å². The minimum atomic E-state index is -1.31. The first kappa shape index (κ1) is 26.8. The normalized spacial score (nSPS) is 19.7. The van der Waals surface area contributed by atoms with Gasteiger partial charge in [0.25, 0.3) is 5.97 Å². The molecular formula is C25H37N3O4S2. The van der Waals surface area contributed by atoms with Crippen LogP contribution in [0.5, 0.6) is 5.75 Å². The molecule has 1 aliphatic heterocycles. The molecule has 4 rings (SSSR count). The summed E-state index contributed by atoms with van der Waals surface area (Å²) in [5, 5.41) is 12.0. The Kier molecular flexibility index (Phi) is 10.5. The Hall–Kier alpha value is -1.81. The van der Waals surface area contributed by atoms with E-state index in [2.05, 4.69) is 23.0 Å². The number of nitrogens with one attached hydrogen (secondary N) is 2. The maximum atomic E-state index is 13.1. The molecule has 1 aromatic heterocycles. The van der Waals surface area contributed by atoms with E-state index in [9.17, 15) is 4.21 Å². The number of aromatic nitrogens is 1. The lowest BCUT2D eigenvalue weighted by molar-refractivity contribution is -0.134. The molecule has 0 bridgehead atoms. The molecule has 2 aromatic rings. The molecule has 1 aromatic carbocycles. The molecule has 2 unspecified atom stereocenters. The van der Waals surface area contributed by atoms with Crippen LogP contribution in [0.15, 0.2) is 23.1 Å². The topological polar surface area (TPSA) is 101 Å². The van der Waals surface area contributed by atoms with Crippen molar-refractivity contribution >= 4 is 28.3 Å². The summed E-state index contributed by atoms with van der Waals surface area (Å²) in [4.78, 5) is 15.8. The van der Waals surface area contributed by atoms with Crippen LogP contribution in [-0.2, 0) is 22.2 Å². The fraction of sp³-hybridized carbons (Fsp3) is 0.600. The first-order valence-electron chi connectivity index (χ1n) is 12.1. The van der Waals surface area contributed by atoms with Gasteiger partial charge in [0.1, 0.15) is 16.7 Å². The van der Waals surface area contributed by atoms with Crippen LogP contribution in [-0.4, -0.2) is 46.5 Å². The molecule has 3 N–H and O–H groups in total. The minimum Gasteiger partial charge on any atom is -0.495 e. The highest BCUT2D eigenvalue weighted by Crippen LogP contribution is 2.36. The van der Waals surface area contributed by atoms with Gasteiger partial charge in [-0.1, -0.05) is 32.1 Å². The van der Waals surface area contributed by atoms with Crippen molar-refractivity contribution in [3.05, 3.63) is 28.9 Å². The fourth-order valence-corrected chi connectivity index (χ4v) is 6.95. The molecular weight excluding hydrogens is 470 g/mol. The largest absolute Gasteiger partial charge is 0.495 e. The van der Waals surface area contributed by atoms with E-state index in [-0.39, 0.29) is 6.04 Å². The summed E-state index contributed by atoms with van der Waals surface area (Å²) in [6, 6.07) is 6.24. The van der Waals surface area contributed by atoms with Gasteiger partial charge in [-0.25, -0.2) is 13.9 Å². The quantitative estimate of drug-likeness (QED) is 0.502. The number of aliphatic carboxylic acids is 1. The Balaban J connectivity index is 0.000000751. The number of hydrogen-bond acceptors (Lipinski definition) is 6. The highest BCUT2D eigenvalue weighted by molar-refractivity contribution is 7.83. The van der Waals surface area contributed by atoms with Crippen molar-refractivity contribution in [3.8, 4) is 16.2 Å². The van der Waals surface area contributed by atoms with Gasteiger partial charge in [0.2, 0.25) is 0 Å². The third kappa shape index (κ3) is 7.86. The smallest absolute Gasteiger partial charge is 0.300 e. The van der Waals surface area contributed by atoms with E-state index in [0.717, 1.165) is 56.5 Å². The van der Waals surface area contributed by atoms with E-state index in [1.807, 2.05) is 12.1 Å². The number of carboxylic acid groups (broad SMARTS) is 1. The third-order valence-corrected chi connectivity index (χ3v) is 8.72. The lowest BCUT2D eigenvalue weighted by atomic mass is 9.87. The van der Waals surface area contributed by atoms with Gasteiger partial charge in [-0.3, -0.25) is 4.79 Å². The maximum absolute atomic E-state index is 13.1. The Bertz CT molecular complexity index is 963. The van der Waals surface area contributed by atoms with Crippen molar-refractivity contribution in [2.45, 2.75) is 76.2 Å².